The van der Waals surface area contributed by atoms with E-state index in [9.17, 15) is 4.79 Å². The van der Waals surface area contributed by atoms with E-state index in [0.29, 0.717) is 13.0 Å². The summed E-state index contributed by atoms with van der Waals surface area (Å²) in [6.07, 6.45) is 9.39. The van der Waals surface area contributed by atoms with Gasteiger partial charge in [0, 0.05) is 49.4 Å². The van der Waals surface area contributed by atoms with Crippen LogP contribution in [-0.2, 0) is 11.2 Å². The Labute approximate surface area is 165 Å². The number of piperidine rings is 1. The van der Waals surface area contributed by atoms with Crippen LogP contribution in [0, 0.1) is 6.92 Å². The van der Waals surface area contributed by atoms with E-state index in [2.05, 4.69) is 40.1 Å². The molecule has 1 fully saturated rings. The Bertz CT molecular complexity index is 958. The van der Waals surface area contributed by atoms with Gasteiger partial charge in [0.2, 0.25) is 5.91 Å². The van der Waals surface area contributed by atoms with Crippen LogP contribution in [0.15, 0.2) is 61.2 Å². The number of likely N-dealkylation sites (tertiary alicyclic amines) is 1. The smallest absolute Gasteiger partial charge is 0.227 e. The topological polar surface area (TPSA) is 59.0 Å². The molecule has 1 aliphatic rings. The maximum absolute atomic E-state index is 12.8. The Kier molecular flexibility index (Phi) is 5.42. The Hall–Kier alpha value is -3.08. The van der Waals surface area contributed by atoms with Crippen molar-refractivity contribution < 1.29 is 4.79 Å². The molecule has 3 heterocycles. The standard InChI is InChI=1S/C23H24N4O/c1-17-5-2-7-19(13-17)22-23(26-11-10-25-22)20-8-4-12-27(16-20)21(28)14-18-6-3-9-24-15-18/h2-3,5-7,9-11,13,15,20H,4,8,12,14,16H2,1H3/t20-/m1/s1. The van der Waals surface area contributed by atoms with Gasteiger partial charge in [0.05, 0.1) is 17.8 Å². The Morgan fingerprint density at radius 1 is 1.14 bits per heavy atom. The van der Waals surface area contributed by atoms with Crippen LogP contribution in [0.2, 0.25) is 0 Å². The Balaban J connectivity index is 1.55. The first-order chi connectivity index (χ1) is 13.7. The number of amides is 1. The van der Waals surface area contributed by atoms with Gasteiger partial charge in [-0.1, -0.05) is 29.8 Å². The van der Waals surface area contributed by atoms with E-state index in [0.717, 1.165) is 41.9 Å². The lowest BCUT2D eigenvalue weighted by Gasteiger charge is -2.33. The minimum absolute atomic E-state index is 0.152. The number of carbonyl (C=O) groups excluding carboxylic acids is 1. The number of aryl methyl sites for hydroxylation is 1. The van der Waals surface area contributed by atoms with Crippen molar-refractivity contribution in [2.45, 2.75) is 32.1 Å². The van der Waals surface area contributed by atoms with Crippen LogP contribution in [0.4, 0.5) is 0 Å². The molecule has 5 nitrogen and oxygen atoms in total. The van der Waals surface area contributed by atoms with Crippen LogP contribution in [0.5, 0.6) is 0 Å². The van der Waals surface area contributed by atoms with Gasteiger partial charge in [-0.2, -0.15) is 0 Å². The monoisotopic (exact) mass is 372 g/mol. The summed E-state index contributed by atoms with van der Waals surface area (Å²) in [6, 6.07) is 12.2. The highest BCUT2D eigenvalue weighted by molar-refractivity contribution is 5.79. The Morgan fingerprint density at radius 2 is 2.04 bits per heavy atom. The van der Waals surface area contributed by atoms with Gasteiger partial charge < -0.3 is 4.90 Å². The fourth-order valence-corrected chi connectivity index (χ4v) is 3.88. The molecule has 0 saturated carbocycles. The molecule has 5 heteroatoms. The number of hydrogen-bond donors (Lipinski definition) is 0. The number of benzene rings is 1. The van der Waals surface area contributed by atoms with Crippen molar-refractivity contribution in [3.8, 4) is 11.3 Å². The van der Waals surface area contributed by atoms with Gasteiger partial charge in [-0.15, -0.1) is 0 Å². The summed E-state index contributed by atoms with van der Waals surface area (Å²) in [6.45, 7) is 3.57. The molecule has 0 radical (unpaired) electrons. The molecule has 1 amide bonds. The van der Waals surface area contributed by atoms with Gasteiger partial charge in [0.25, 0.3) is 0 Å². The van der Waals surface area contributed by atoms with Crippen molar-refractivity contribution in [3.63, 3.8) is 0 Å². The molecule has 1 saturated heterocycles. The largest absolute Gasteiger partial charge is 0.342 e. The third-order valence-electron chi connectivity index (χ3n) is 5.26. The minimum atomic E-state index is 0.152. The van der Waals surface area contributed by atoms with Gasteiger partial charge in [-0.3, -0.25) is 19.7 Å². The van der Waals surface area contributed by atoms with Gasteiger partial charge in [0.1, 0.15) is 0 Å². The highest BCUT2D eigenvalue weighted by atomic mass is 16.2. The molecule has 1 aromatic carbocycles. The van der Waals surface area contributed by atoms with Crippen LogP contribution in [0.25, 0.3) is 11.3 Å². The third kappa shape index (κ3) is 4.09. The van der Waals surface area contributed by atoms with Crippen molar-refractivity contribution in [3.05, 3.63) is 78.0 Å². The fraction of sp³-hybridized carbons (Fsp3) is 0.304. The third-order valence-corrected chi connectivity index (χ3v) is 5.26. The zero-order chi connectivity index (χ0) is 19.3. The first kappa shape index (κ1) is 18.3. The molecule has 4 rings (SSSR count). The highest BCUT2D eigenvalue weighted by Gasteiger charge is 2.28. The number of carbonyl (C=O) groups is 1. The average molecular weight is 372 g/mol. The molecule has 28 heavy (non-hydrogen) atoms. The highest BCUT2D eigenvalue weighted by Crippen LogP contribution is 2.32. The normalized spacial score (nSPS) is 16.8. The molecular formula is C23H24N4O. The first-order valence-electron chi connectivity index (χ1n) is 9.75. The van der Waals surface area contributed by atoms with E-state index < -0.39 is 0 Å². The summed E-state index contributed by atoms with van der Waals surface area (Å²) >= 11 is 0. The molecule has 1 atom stereocenters. The van der Waals surface area contributed by atoms with E-state index in [1.54, 1.807) is 24.8 Å². The predicted molar refractivity (Wildman–Crippen MR) is 109 cm³/mol. The second-order valence-corrected chi connectivity index (χ2v) is 7.38. The van der Waals surface area contributed by atoms with Crippen LogP contribution in [0.3, 0.4) is 0 Å². The van der Waals surface area contributed by atoms with E-state index in [1.165, 1.54) is 5.56 Å². The van der Waals surface area contributed by atoms with Gasteiger partial charge in [0.15, 0.2) is 0 Å². The van der Waals surface area contributed by atoms with Crippen LogP contribution in [-0.4, -0.2) is 38.8 Å². The molecule has 0 N–H and O–H groups in total. The van der Waals surface area contributed by atoms with Crippen molar-refractivity contribution in [2.24, 2.45) is 0 Å². The van der Waals surface area contributed by atoms with Crippen LogP contribution < -0.4 is 0 Å². The van der Waals surface area contributed by atoms with Crippen LogP contribution >= 0.6 is 0 Å². The van der Waals surface area contributed by atoms with Crippen molar-refractivity contribution in [1.29, 1.82) is 0 Å². The van der Waals surface area contributed by atoms with Crippen molar-refractivity contribution in [2.75, 3.05) is 13.1 Å². The summed E-state index contributed by atoms with van der Waals surface area (Å²) in [5.41, 5.74) is 5.16. The molecule has 0 bridgehead atoms. The molecule has 3 aromatic rings. The molecule has 0 spiro atoms. The van der Waals surface area contributed by atoms with E-state index >= 15 is 0 Å². The summed E-state index contributed by atoms with van der Waals surface area (Å²) in [5, 5.41) is 0. The fourth-order valence-electron chi connectivity index (χ4n) is 3.88. The molecular weight excluding hydrogens is 348 g/mol. The second kappa shape index (κ2) is 8.30. The number of pyridine rings is 1. The molecule has 142 valence electrons. The van der Waals surface area contributed by atoms with Crippen molar-refractivity contribution in [1.82, 2.24) is 19.9 Å². The zero-order valence-corrected chi connectivity index (χ0v) is 16.1. The zero-order valence-electron chi connectivity index (χ0n) is 16.1. The van der Waals surface area contributed by atoms with E-state index in [1.807, 2.05) is 23.1 Å². The number of hydrogen-bond acceptors (Lipinski definition) is 4. The molecule has 0 unspecified atom stereocenters. The first-order valence-corrected chi connectivity index (χ1v) is 9.75. The minimum Gasteiger partial charge on any atom is -0.342 e. The van der Waals surface area contributed by atoms with Crippen molar-refractivity contribution >= 4 is 5.91 Å². The lowest BCUT2D eigenvalue weighted by Crippen LogP contribution is -2.40. The SMILES string of the molecule is Cc1cccc(-c2nccnc2[C@@H]2CCCN(C(=O)Cc3cccnc3)C2)c1. The molecule has 0 aliphatic carbocycles. The maximum Gasteiger partial charge on any atom is 0.227 e. The second-order valence-electron chi connectivity index (χ2n) is 7.38. The molecule has 1 aliphatic heterocycles. The summed E-state index contributed by atoms with van der Waals surface area (Å²) < 4.78 is 0. The van der Waals surface area contributed by atoms with Crippen LogP contribution in [0.1, 0.15) is 35.6 Å². The van der Waals surface area contributed by atoms with Gasteiger partial charge in [-0.05, 0) is 37.5 Å². The predicted octanol–water partition coefficient (Wildman–Crippen LogP) is 3.80. The lowest BCUT2D eigenvalue weighted by molar-refractivity contribution is -0.131. The quantitative estimate of drug-likeness (QED) is 0.699. The average Bonchev–Trinajstić information content (AvgIpc) is 2.74. The van der Waals surface area contributed by atoms with E-state index in [4.69, 9.17) is 0 Å². The summed E-state index contributed by atoms with van der Waals surface area (Å²) in [5.74, 6) is 0.356. The molecule has 2 aromatic heterocycles. The number of nitrogens with zero attached hydrogens (tertiary/aromatic N) is 4. The Morgan fingerprint density at radius 3 is 2.86 bits per heavy atom. The maximum atomic E-state index is 12.8. The van der Waals surface area contributed by atoms with E-state index in [-0.39, 0.29) is 11.8 Å². The van der Waals surface area contributed by atoms with Gasteiger partial charge in [-0.25, -0.2) is 0 Å². The number of aromatic nitrogens is 3. The summed E-state index contributed by atoms with van der Waals surface area (Å²) in [4.78, 5) is 28.2. The lowest BCUT2D eigenvalue weighted by atomic mass is 9.91. The number of rotatable bonds is 4. The van der Waals surface area contributed by atoms with Gasteiger partial charge >= 0.3 is 0 Å². The summed E-state index contributed by atoms with van der Waals surface area (Å²) in [7, 11) is 0.